The first-order valence-corrected chi connectivity index (χ1v) is 7.04. The molecule has 0 aromatic heterocycles. The number of imide groups is 1. The van der Waals surface area contributed by atoms with E-state index < -0.39 is 18.6 Å². The molecule has 0 aromatic rings. The fraction of sp³-hybridized carbons (Fsp3) is 0.846. The number of alkyl halides is 3. The zero-order chi connectivity index (χ0) is 14.8. The lowest BCUT2D eigenvalue weighted by Crippen LogP contribution is -2.45. The van der Waals surface area contributed by atoms with E-state index in [9.17, 15) is 22.8 Å². The summed E-state index contributed by atoms with van der Waals surface area (Å²) in [4.78, 5) is 25.3. The van der Waals surface area contributed by atoms with Crippen LogP contribution >= 0.6 is 0 Å². The second kappa shape index (κ2) is 6.11. The average molecular weight is 292 g/mol. The van der Waals surface area contributed by atoms with Gasteiger partial charge in [-0.05, 0) is 12.8 Å². The Bertz CT molecular complexity index is 378. The zero-order valence-corrected chi connectivity index (χ0v) is 11.2. The molecule has 1 aliphatic carbocycles. The summed E-state index contributed by atoms with van der Waals surface area (Å²) in [7, 11) is 0. The molecule has 7 heteroatoms. The first kappa shape index (κ1) is 15.3. The Morgan fingerprint density at radius 2 is 1.80 bits per heavy atom. The van der Waals surface area contributed by atoms with E-state index >= 15 is 0 Å². The van der Waals surface area contributed by atoms with Gasteiger partial charge in [-0.25, -0.2) is 0 Å². The molecule has 2 rings (SSSR count). The predicted molar refractivity (Wildman–Crippen MR) is 65.8 cm³/mol. The van der Waals surface area contributed by atoms with Crippen LogP contribution < -0.4 is 5.32 Å². The van der Waals surface area contributed by atoms with Gasteiger partial charge in [0.05, 0.1) is 18.9 Å². The Morgan fingerprint density at radius 3 is 2.40 bits per heavy atom. The molecule has 1 heterocycles. The molecule has 2 fully saturated rings. The van der Waals surface area contributed by atoms with Crippen molar-refractivity contribution >= 4 is 11.8 Å². The van der Waals surface area contributed by atoms with E-state index in [-0.39, 0.29) is 30.8 Å². The molecule has 1 aliphatic heterocycles. The number of halogens is 3. The number of nitrogens with one attached hydrogen (secondary N) is 1. The molecule has 1 unspecified atom stereocenters. The van der Waals surface area contributed by atoms with Gasteiger partial charge in [0, 0.05) is 12.6 Å². The fourth-order valence-corrected chi connectivity index (χ4v) is 2.92. The van der Waals surface area contributed by atoms with Gasteiger partial charge in [-0.1, -0.05) is 19.3 Å². The molecule has 4 nitrogen and oxygen atoms in total. The summed E-state index contributed by atoms with van der Waals surface area (Å²) >= 11 is 0. The van der Waals surface area contributed by atoms with Crippen molar-refractivity contribution in [3.63, 3.8) is 0 Å². The molecule has 114 valence electrons. The number of nitrogens with zero attached hydrogens (tertiary/aromatic N) is 1. The van der Waals surface area contributed by atoms with Gasteiger partial charge in [0.2, 0.25) is 11.8 Å². The van der Waals surface area contributed by atoms with Gasteiger partial charge in [-0.3, -0.25) is 14.5 Å². The van der Waals surface area contributed by atoms with Crippen LogP contribution in [0.3, 0.4) is 0 Å². The van der Waals surface area contributed by atoms with Crippen LogP contribution in [0, 0.1) is 0 Å². The normalized spacial score (nSPS) is 25.6. The van der Waals surface area contributed by atoms with Crippen LogP contribution in [-0.2, 0) is 9.59 Å². The largest absolute Gasteiger partial charge is 0.390 e. The van der Waals surface area contributed by atoms with Gasteiger partial charge in [-0.15, -0.1) is 0 Å². The van der Waals surface area contributed by atoms with E-state index in [1.807, 2.05) is 0 Å². The smallest absolute Gasteiger partial charge is 0.305 e. The third-order valence-corrected chi connectivity index (χ3v) is 3.92. The summed E-state index contributed by atoms with van der Waals surface area (Å²) in [5, 5.41) is 2.56. The maximum atomic E-state index is 12.1. The molecule has 1 saturated heterocycles. The highest BCUT2D eigenvalue weighted by Crippen LogP contribution is 2.27. The molecular formula is C13H19F3N2O2. The molecule has 0 bridgehead atoms. The molecule has 1 saturated carbocycles. The predicted octanol–water partition coefficient (Wildman–Crippen LogP) is 1.99. The molecular weight excluding hydrogens is 273 g/mol. The average Bonchev–Trinajstić information content (AvgIpc) is 2.64. The molecule has 20 heavy (non-hydrogen) atoms. The van der Waals surface area contributed by atoms with E-state index in [1.165, 1.54) is 4.90 Å². The first-order valence-electron chi connectivity index (χ1n) is 7.04. The monoisotopic (exact) mass is 292 g/mol. The van der Waals surface area contributed by atoms with E-state index in [2.05, 4.69) is 5.32 Å². The van der Waals surface area contributed by atoms with E-state index in [4.69, 9.17) is 0 Å². The van der Waals surface area contributed by atoms with Crippen molar-refractivity contribution in [3.8, 4) is 0 Å². The highest BCUT2D eigenvalue weighted by Gasteiger charge is 2.42. The SMILES string of the molecule is O=C1CC(NCCC(F)(F)F)C(=O)N1C1CCCCC1. The second-order valence-corrected chi connectivity index (χ2v) is 5.47. The minimum atomic E-state index is -4.25. The zero-order valence-electron chi connectivity index (χ0n) is 11.2. The third-order valence-electron chi connectivity index (χ3n) is 3.92. The van der Waals surface area contributed by atoms with Crippen LogP contribution in [0.15, 0.2) is 0 Å². The number of amides is 2. The Labute approximate surface area is 115 Å². The number of hydrogen-bond acceptors (Lipinski definition) is 3. The summed E-state index contributed by atoms with van der Waals surface area (Å²) in [6.45, 7) is -0.328. The summed E-state index contributed by atoms with van der Waals surface area (Å²) in [6.07, 6.45) is -0.537. The van der Waals surface area contributed by atoms with E-state index in [0.717, 1.165) is 32.1 Å². The maximum Gasteiger partial charge on any atom is 0.390 e. The van der Waals surface area contributed by atoms with Crippen molar-refractivity contribution in [1.82, 2.24) is 10.2 Å². The maximum absolute atomic E-state index is 12.1. The topological polar surface area (TPSA) is 49.4 Å². The number of carbonyl (C=O) groups excluding carboxylic acids is 2. The first-order chi connectivity index (χ1) is 9.38. The standard InChI is InChI=1S/C13H19F3N2O2/c14-13(15,16)6-7-17-10-8-11(19)18(12(10)20)9-4-2-1-3-5-9/h9-10,17H,1-8H2. The van der Waals surface area contributed by atoms with Crippen LogP contribution in [0.25, 0.3) is 0 Å². The molecule has 0 spiro atoms. The van der Waals surface area contributed by atoms with Crippen LogP contribution in [0.2, 0.25) is 0 Å². The molecule has 2 amide bonds. The molecule has 1 N–H and O–H groups in total. The van der Waals surface area contributed by atoms with E-state index in [0.29, 0.717) is 0 Å². The quantitative estimate of drug-likeness (QED) is 0.806. The van der Waals surface area contributed by atoms with Crippen LogP contribution in [0.4, 0.5) is 13.2 Å². The van der Waals surface area contributed by atoms with Gasteiger partial charge >= 0.3 is 6.18 Å². The molecule has 2 aliphatic rings. The second-order valence-electron chi connectivity index (χ2n) is 5.47. The van der Waals surface area contributed by atoms with E-state index in [1.54, 1.807) is 0 Å². The molecule has 0 aromatic carbocycles. The Kier molecular flexibility index (Phi) is 4.67. The van der Waals surface area contributed by atoms with Crippen LogP contribution in [-0.4, -0.2) is 41.5 Å². The minimum Gasteiger partial charge on any atom is -0.305 e. The van der Waals surface area contributed by atoms with Crippen molar-refractivity contribution in [2.75, 3.05) is 6.54 Å². The van der Waals surface area contributed by atoms with Gasteiger partial charge in [0.1, 0.15) is 0 Å². The van der Waals surface area contributed by atoms with Crippen LogP contribution in [0.5, 0.6) is 0 Å². The molecule has 1 atom stereocenters. The lowest BCUT2D eigenvalue weighted by Gasteiger charge is -2.29. The number of hydrogen-bond donors (Lipinski definition) is 1. The van der Waals surface area contributed by atoms with Crippen molar-refractivity contribution in [2.45, 2.75) is 63.2 Å². The highest BCUT2D eigenvalue weighted by molar-refractivity contribution is 6.05. The summed E-state index contributed by atoms with van der Waals surface area (Å²) < 4.78 is 36.2. The van der Waals surface area contributed by atoms with Crippen molar-refractivity contribution in [2.24, 2.45) is 0 Å². The van der Waals surface area contributed by atoms with Gasteiger partial charge in [0.25, 0.3) is 0 Å². The lowest BCUT2D eigenvalue weighted by molar-refractivity contribution is -0.143. The number of carbonyl (C=O) groups is 2. The summed E-state index contributed by atoms with van der Waals surface area (Å²) in [5.41, 5.74) is 0. The minimum absolute atomic E-state index is 0.0206. The van der Waals surface area contributed by atoms with Gasteiger partial charge < -0.3 is 5.32 Å². The Morgan fingerprint density at radius 1 is 1.15 bits per heavy atom. The third kappa shape index (κ3) is 3.71. The number of likely N-dealkylation sites (tertiary alicyclic amines) is 1. The van der Waals surface area contributed by atoms with Crippen molar-refractivity contribution in [3.05, 3.63) is 0 Å². The van der Waals surface area contributed by atoms with Crippen molar-refractivity contribution in [1.29, 1.82) is 0 Å². The Balaban J connectivity index is 1.88. The molecule has 0 radical (unpaired) electrons. The number of rotatable bonds is 4. The highest BCUT2D eigenvalue weighted by atomic mass is 19.4. The van der Waals surface area contributed by atoms with Crippen molar-refractivity contribution < 1.29 is 22.8 Å². The van der Waals surface area contributed by atoms with Gasteiger partial charge in [0.15, 0.2) is 0 Å². The summed E-state index contributed by atoms with van der Waals surface area (Å²) in [6, 6.07) is -0.843. The lowest BCUT2D eigenvalue weighted by atomic mass is 9.94. The van der Waals surface area contributed by atoms with Gasteiger partial charge in [-0.2, -0.15) is 13.2 Å². The van der Waals surface area contributed by atoms with Crippen LogP contribution in [0.1, 0.15) is 44.9 Å². The summed E-state index contributed by atoms with van der Waals surface area (Å²) in [5.74, 6) is -0.615. The Hall–Kier alpha value is -1.11. The fourth-order valence-electron chi connectivity index (χ4n) is 2.92.